The van der Waals surface area contributed by atoms with Crippen LogP contribution in [0.1, 0.15) is 15.9 Å². The number of sulfone groups is 1. The summed E-state index contributed by atoms with van der Waals surface area (Å²) in [7, 11) is -3.54. The van der Waals surface area contributed by atoms with E-state index in [1.807, 2.05) is 22.6 Å². The molecule has 31 heavy (non-hydrogen) atoms. The smallest absolute Gasteiger partial charge is 0.254 e. The standard InChI is InChI=1S/C21H17F2IN2O4S/c1-11-17(4-3-5-19(11)31(2,28)29)30-18-9-12(22)8-16(20(18)21(25)27)26-15-7-6-13(24)10-14(15)23/h3-10,26H,1-2H3,(H2,25,27). The van der Waals surface area contributed by atoms with Gasteiger partial charge in [0.15, 0.2) is 9.84 Å². The monoisotopic (exact) mass is 558 g/mol. The van der Waals surface area contributed by atoms with Gasteiger partial charge >= 0.3 is 0 Å². The maximum absolute atomic E-state index is 14.3. The number of rotatable bonds is 6. The summed E-state index contributed by atoms with van der Waals surface area (Å²) in [6.07, 6.45) is 1.05. The molecule has 3 aromatic rings. The molecule has 0 saturated heterocycles. The molecule has 0 bridgehead atoms. The fourth-order valence-corrected chi connectivity index (χ4v) is 4.41. The summed E-state index contributed by atoms with van der Waals surface area (Å²) in [5.74, 6) is -2.46. The van der Waals surface area contributed by atoms with Gasteiger partial charge < -0.3 is 15.8 Å². The van der Waals surface area contributed by atoms with Crippen molar-refractivity contribution in [1.29, 1.82) is 0 Å². The van der Waals surface area contributed by atoms with Crippen molar-refractivity contribution in [3.63, 3.8) is 0 Å². The SMILES string of the molecule is Cc1c(Oc2cc(F)cc(Nc3ccc(I)cc3F)c2C(N)=O)cccc1S(C)(=O)=O. The molecular weight excluding hydrogens is 541 g/mol. The van der Waals surface area contributed by atoms with Crippen molar-refractivity contribution in [2.24, 2.45) is 5.73 Å². The van der Waals surface area contributed by atoms with Crippen LogP contribution in [0.3, 0.4) is 0 Å². The molecule has 3 aromatic carbocycles. The first kappa shape index (κ1) is 22.9. The normalized spacial score (nSPS) is 11.3. The average molecular weight is 558 g/mol. The summed E-state index contributed by atoms with van der Waals surface area (Å²) in [5.41, 5.74) is 5.47. The molecule has 10 heteroatoms. The number of nitrogens with one attached hydrogen (secondary N) is 1. The largest absolute Gasteiger partial charge is 0.456 e. The Morgan fingerprint density at radius 1 is 1.06 bits per heavy atom. The number of ether oxygens (including phenoxy) is 1. The van der Waals surface area contributed by atoms with Crippen LogP contribution in [0.25, 0.3) is 0 Å². The minimum atomic E-state index is -3.54. The predicted molar refractivity (Wildman–Crippen MR) is 122 cm³/mol. The third kappa shape index (κ3) is 5.13. The van der Waals surface area contributed by atoms with Gasteiger partial charge in [0.25, 0.3) is 5.91 Å². The topological polar surface area (TPSA) is 98.5 Å². The van der Waals surface area contributed by atoms with Crippen molar-refractivity contribution in [1.82, 2.24) is 0 Å². The maximum Gasteiger partial charge on any atom is 0.254 e. The highest BCUT2D eigenvalue weighted by molar-refractivity contribution is 14.1. The van der Waals surface area contributed by atoms with Crippen LogP contribution < -0.4 is 15.8 Å². The van der Waals surface area contributed by atoms with Gasteiger partial charge in [-0.25, -0.2) is 17.2 Å². The van der Waals surface area contributed by atoms with E-state index in [1.165, 1.54) is 37.3 Å². The quantitative estimate of drug-likeness (QED) is 0.419. The lowest BCUT2D eigenvalue weighted by Crippen LogP contribution is -2.15. The average Bonchev–Trinajstić information content (AvgIpc) is 2.64. The minimum Gasteiger partial charge on any atom is -0.456 e. The number of carbonyl (C=O) groups excluding carboxylic acids is 1. The highest BCUT2D eigenvalue weighted by Gasteiger charge is 2.21. The van der Waals surface area contributed by atoms with E-state index in [-0.39, 0.29) is 38.9 Å². The number of nitrogens with two attached hydrogens (primary N) is 1. The van der Waals surface area contributed by atoms with Crippen molar-refractivity contribution in [3.8, 4) is 11.5 Å². The third-order valence-corrected chi connectivity index (χ3v) is 6.28. The zero-order chi connectivity index (χ0) is 22.9. The molecule has 0 aromatic heterocycles. The summed E-state index contributed by atoms with van der Waals surface area (Å²) >= 11 is 1.94. The van der Waals surface area contributed by atoms with E-state index in [4.69, 9.17) is 10.5 Å². The first-order valence-electron chi connectivity index (χ1n) is 8.80. The molecule has 3 rings (SSSR count). The van der Waals surface area contributed by atoms with Gasteiger partial charge in [0.2, 0.25) is 0 Å². The molecule has 162 valence electrons. The molecule has 0 radical (unpaired) electrons. The number of hydrogen-bond donors (Lipinski definition) is 2. The van der Waals surface area contributed by atoms with Crippen LogP contribution in [0.2, 0.25) is 0 Å². The van der Waals surface area contributed by atoms with Crippen LogP contribution in [0.15, 0.2) is 53.4 Å². The van der Waals surface area contributed by atoms with Gasteiger partial charge in [-0.15, -0.1) is 0 Å². The van der Waals surface area contributed by atoms with E-state index in [0.717, 1.165) is 18.4 Å². The van der Waals surface area contributed by atoms with Gasteiger partial charge in [0, 0.05) is 21.5 Å². The lowest BCUT2D eigenvalue weighted by molar-refractivity contribution is 0.0999. The van der Waals surface area contributed by atoms with Gasteiger partial charge in [-0.1, -0.05) is 6.07 Å². The van der Waals surface area contributed by atoms with Gasteiger partial charge in [0.1, 0.15) is 28.7 Å². The van der Waals surface area contributed by atoms with E-state index in [0.29, 0.717) is 3.57 Å². The maximum atomic E-state index is 14.3. The molecule has 0 aliphatic heterocycles. The second kappa shape index (κ2) is 8.79. The van der Waals surface area contributed by atoms with E-state index in [2.05, 4.69) is 5.32 Å². The van der Waals surface area contributed by atoms with Crippen LogP contribution >= 0.6 is 22.6 Å². The Hall–Kier alpha value is -2.73. The van der Waals surface area contributed by atoms with Crippen LogP contribution in [-0.4, -0.2) is 20.6 Å². The molecule has 0 spiro atoms. The molecule has 0 saturated carbocycles. The fourth-order valence-electron chi connectivity index (χ4n) is 2.98. The van der Waals surface area contributed by atoms with Crippen molar-refractivity contribution in [3.05, 3.63) is 74.9 Å². The van der Waals surface area contributed by atoms with Crippen LogP contribution in [0, 0.1) is 22.1 Å². The van der Waals surface area contributed by atoms with Crippen LogP contribution in [0.5, 0.6) is 11.5 Å². The highest BCUT2D eigenvalue weighted by atomic mass is 127. The van der Waals surface area contributed by atoms with E-state index < -0.39 is 27.4 Å². The molecule has 0 atom stereocenters. The molecule has 0 heterocycles. The van der Waals surface area contributed by atoms with E-state index >= 15 is 0 Å². The van der Waals surface area contributed by atoms with E-state index in [1.54, 1.807) is 6.07 Å². The molecule has 0 fully saturated rings. The zero-order valence-corrected chi connectivity index (χ0v) is 19.3. The Balaban J connectivity index is 2.11. The fraction of sp³-hybridized carbons (Fsp3) is 0.0952. The number of carbonyl (C=O) groups is 1. The molecule has 0 aliphatic carbocycles. The van der Waals surface area contributed by atoms with Crippen molar-refractivity contribution >= 4 is 49.7 Å². The molecule has 0 unspecified atom stereocenters. The number of amides is 1. The van der Waals surface area contributed by atoms with Gasteiger partial charge in [-0.3, -0.25) is 4.79 Å². The minimum absolute atomic E-state index is 0.00900. The predicted octanol–water partition coefficient (Wildman–Crippen LogP) is 4.92. The summed E-state index contributed by atoms with van der Waals surface area (Å²) < 4.78 is 58.9. The van der Waals surface area contributed by atoms with Crippen LogP contribution in [0.4, 0.5) is 20.2 Å². The third-order valence-electron chi connectivity index (χ3n) is 4.37. The number of halogens is 3. The highest BCUT2D eigenvalue weighted by Crippen LogP contribution is 2.36. The van der Waals surface area contributed by atoms with Gasteiger partial charge in [0.05, 0.1) is 16.3 Å². The van der Waals surface area contributed by atoms with Gasteiger partial charge in [-0.05, 0) is 65.9 Å². The van der Waals surface area contributed by atoms with Crippen molar-refractivity contribution in [2.45, 2.75) is 11.8 Å². The molecule has 1 amide bonds. The Morgan fingerprint density at radius 3 is 2.39 bits per heavy atom. The Bertz CT molecular complexity index is 1300. The van der Waals surface area contributed by atoms with Gasteiger partial charge in [-0.2, -0.15) is 0 Å². The summed E-state index contributed by atoms with van der Waals surface area (Å²) in [6, 6.07) is 10.6. The molecule has 3 N–H and O–H groups in total. The summed E-state index contributed by atoms with van der Waals surface area (Å²) in [5, 5.41) is 2.67. The first-order chi connectivity index (χ1) is 14.5. The number of hydrogen-bond acceptors (Lipinski definition) is 5. The Kier molecular flexibility index (Phi) is 6.51. The molecular formula is C21H17F2IN2O4S. The van der Waals surface area contributed by atoms with Crippen molar-refractivity contribution in [2.75, 3.05) is 11.6 Å². The Labute approximate surface area is 191 Å². The number of benzene rings is 3. The summed E-state index contributed by atoms with van der Waals surface area (Å²) in [4.78, 5) is 12.2. The van der Waals surface area contributed by atoms with E-state index in [9.17, 15) is 22.0 Å². The summed E-state index contributed by atoms with van der Waals surface area (Å²) in [6.45, 7) is 1.52. The molecule has 6 nitrogen and oxygen atoms in total. The Morgan fingerprint density at radius 2 is 1.77 bits per heavy atom. The van der Waals surface area contributed by atoms with Crippen LogP contribution in [-0.2, 0) is 9.84 Å². The first-order valence-corrected chi connectivity index (χ1v) is 11.8. The second-order valence-corrected chi connectivity index (χ2v) is 9.92. The molecule has 0 aliphatic rings. The number of primary amides is 1. The zero-order valence-electron chi connectivity index (χ0n) is 16.4. The number of anilines is 2. The second-order valence-electron chi connectivity index (χ2n) is 6.69. The lowest BCUT2D eigenvalue weighted by atomic mass is 10.1. The lowest BCUT2D eigenvalue weighted by Gasteiger charge is -2.17. The van der Waals surface area contributed by atoms with Crippen molar-refractivity contribution < 1.29 is 26.7 Å².